The smallest absolute Gasteiger partial charge is 0.234 e. The summed E-state index contributed by atoms with van der Waals surface area (Å²) in [4.78, 5) is 28.0. The molecular weight excluding hydrogens is 319 g/mol. The van der Waals surface area contributed by atoms with E-state index in [1.54, 1.807) is 24.1 Å². The number of nitrogens with zero attached hydrogens (tertiary/aromatic N) is 2. The second-order valence-corrected chi connectivity index (χ2v) is 6.86. The molecule has 1 aromatic carbocycles. The average Bonchev–Trinajstić information content (AvgIpc) is 2.77. The molecule has 1 aromatic rings. The van der Waals surface area contributed by atoms with Gasteiger partial charge in [-0.25, -0.2) is 4.39 Å². The van der Waals surface area contributed by atoms with Gasteiger partial charge < -0.3 is 0 Å². The van der Waals surface area contributed by atoms with Gasteiger partial charge in [-0.2, -0.15) is 0 Å². The van der Waals surface area contributed by atoms with Gasteiger partial charge in [-0.05, 0) is 32.0 Å². The fraction of sp³-hybridized carbons (Fsp3) is 0.529. The van der Waals surface area contributed by atoms with Crippen LogP contribution in [0, 0.1) is 17.7 Å². The Bertz CT molecular complexity index is 593. The van der Waals surface area contributed by atoms with E-state index in [4.69, 9.17) is 11.6 Å². The first-order valence-corrected chi connectivity index (χ1v) is 8.33. The van der Waals surface area contributed by atoms with Crippen molar-refractivity contribution < 1.29 is 14.0 Å². The van der Waals surface area contributed by atoms with Crippen LogP contribution < -0.4 is 0 Å². The van der Waals surface area contributed by atoms with Gasteiger partial charge in [0, 0.05) is 17.1 Å². The van der Waals surface area contributed by atoms with Crippen molar-refractivity contribution in [3.63, 3.8) is 0 Å². The predicted molar refractivity (Wildman–Crippen MR) is 85.0 cm³/mol. The zero-order chi connectivity index (χ0) is 16.6. The fourth-order valence-electron chi connectivity index (χ4n) is 3.62. The van der Waals surface area contributed by atoms with Crippen LogP contribution in [0.1, 0.15) is 31.2 Å². The molecule has 0 spiro atoms. The third kappa shape index (κ3) is 3.12. The molecule has 2 fully saturated rings. The number of likely N-dealkylation sites (tertiary alicyclic amines) is 1. The summed E-state index contributed by atoms with van der Waals surface area (Å²) in [7, 11) is 1.76. The molecule has 4 nitrogen and oxygen atoms in total. The Morgan fingerprint density at radius 3 is 2.39 bits per heavy atom. The minimum Gasteiger partial charge on any atom is -0.284 e. The van der Waals surface area contributed by atoms with E-state index in [9.17, 15) is 14.0 Å². The standard InChI is InChI=1S/C17H20ClFN2O2/c1-20(9-13-14(18)7-4-8-15(13)19)10-21-16(22)11-5-2-3-6-12(11)17(21)23/h4,7-8,11-12H,2-3,5-6,9-10H2,1H3/t11-,12-/m0/s1. The maximum Gasteiger partial charge on any atom is 0.234 e. The highest BCUT2D eigenvalue weighted by Crippen LogP contribution is 2.38. The SMILES string of the molecule is CN(Cc1c(F)cccc1Cl)CN1C(=O)[C@H]2CCCC[C@@H]2C1=O. The lowest BCUT2D eigenvalue weighted by molar-refractivity contribution is -0.142. The van der Waals surface area contributed by atoms with Gasteiger partial charge >= 0.3 is 0 Å². The van der Waals surface area contributed by atoms with Gasteiger partial charge in [0.05, 0.1) is 18.5 Å². The van der Waals surface area contributed by atoms with E-state index in [0.29, 0.717) is 10.6 Å². The number of carbonyl (C=O) groups is 2. The molecule has 1 heterocycles. The molecule has 0 bridgehead atoms. The number of imide groups is 1. The maximum atomic E-state index is 13.9. The van der Waals surface area contributed by atoms with E-state index in [2.05, 4.69) is 0 Å². The van der Waals surface area contributed by atoms with Crippen LogP contribution in [0.4, 0.5) is 4.39 Å². The monoisotopic (exact) mass is 338 g/mol. The van der Waals surface area contributed by atoms with Crippen molar-refractivity contribution in [3.8, 4) is 0 Å². The minimum absolute atomic E-state index is 0.0776. The molecule has 2 aliphatic rings. The Balaban J connectivity index is 1.69. The van der Waals surface area contributed by atoms with Gasteiger partial charge in [-0.1, -0.05) is 30.5 Å². The number of hydrogen-bond acceptors (Lipinski definition) is 3. The van der Waals surface area contributed by atoms with Gasteiger partial charge in [-0.15, -0.1) is 0 Å². The summed E-state index contributed by atoms with van der Waals surface area (Å²) in [6.45, 7) is 0.424. The number of hydrogen-bond donors (Lipinski definition) is 0. The molecule has 1 saturated heterocycles. The van der Waals surface area contributed by atoms with Crippen LogP contribution in [0.3, 0.4) is 0 Å². The van der Waals surface area contributed by atoms with Crippen molar-refractivity contribution in [1.82, 2.24) is 9.80 Å². The van der Waals surface area contributed by atoms with Crippen molar-refractivity contribution in [2.45, 2.75) is 32.2 Å². The summed E-state index contributed by atoms with van der Waals surface area (Å²) in [5.41, 5.74) is 0.383. The molecular formula is C17H20ClFN2O2. The lowest BCUT2D eigenvalue weighted by Crippen LogP contribution is -2.40. The molecule has 1 aliphatic carbocycles. The van der Waals surface area contributed by atoms with E-state index in [0.717, 1.165) is 25.7 Å². The molecule has 23 heavy (non-hydrogen) atoms. The van der Waals surface area contributed by atoms with E-state index in [-0.39, 0.29) is 42.7 Å². The summed E-state index contributed by atoms with van der Waals surface area (Å²) in [5, 5.41) is 0.351. The molecule has 1 saturated carbocycles. The van der Waals surface area contributed by atoms with E-state index < -0.39 is 0 Å². The number of amides is 2. The molecule has 0 aromatic heterocycles. The van der Waals surface area contributed by atoms with Crippen LogP contribution in [0.15, 0.2) is 18.2 Å². The van der Waals surface area contributed by atoms with Crippen LogP contribution in [-0.4, -0.2) is 35.3 Å². The topological polar surface area (TPSA) is 40.6 Å². The summed E-state index contributed by atoms with van der Waals surface area (Å²) in [6, 6.07) is 4.55. The van der Waals surface area contributed by atoms with Crippen LogP contribution in [0.5, 0.6) is 0 Å². The molecule has 2 amide bonds. The fourth-order valence-corrected chi connectivity index (χ4v) is 3.84. The third-order valence-electron chi connectivity index (χ3n) is 4.80. The maximum absolute atomic E-state index is 13.9. The quantitative estimate of drug-likeness (QED) is 0.792. The first-order valence-electron chi connectivity index (χ1n) is 7.95. The molecule has 6 heteroatoms. The first-order chi connectivity index (χ1) is 11.0. The molecule has 124 valence electrons. The Morgan fingerprint density at radius 1 is 1.22 bits per heavy atom. The summed E-state index contributed by atoms with van der Waals surface area (Å²) in [6.07, 6.45) is 3.62. The molecule has 1 aliphatic heterocycles. The van der Waals surface area contributed by atoms with E-state index in [1.165, 1.54) is 11.0 Å². The van der Waals surface area contributed by atoms with Gasteiger partial charge in [0.1, 0.15) is 5.82 Å². The van der Waals surface area contributed by atoms with Crippen LogP contribution >= 0.6 is 11.6 Å². The predicted octanol–water partition coefficient (Wildman–Crippen LogP) is 3.04. The van der Waals surface area contributed by atoms with Crippen molar-refractivity contribution in [3.05, 3.63) is 34.6 Å². The van der Waals surface area contributed by atoms with Crippen molar-refractivity contribution in [1.29, 1.82) is 0 Å². The minimum atomic E-state index is -0.378. The van der Waals surface area contributed by atoms with Gasteiger partial charge in [0.15, 0.2) is 0 Å². The number of fused-ring (bicyclic) bond motifs is 1. The highest BCUT2D eigenvalue weighted by molar-refractivity contribution is 6.31. The van der Waals surface area contributed by atoms with Crippen LogP contribution in [-0.2, 0) is 16.1 Å². The Morgan fingerprint density at radius 2 is 1.83 bits per heavy atom. The second-order valence-electron chi connectivity index (χ2n) is 6.46. The summed E-state index contributed by atoms with van der Waals surface area (Å²) >= 11 is 6.03. The van der Waals surface area contributed by atoms with Gasteiger partial charge in [0.25, 0.3) is 0 Å². The summed E-state index contributed by atoms with van der Waals surface area (Å²) in [5.74, 6) is -0.835. The second kappa shape index (κ2) is 6.57. The summed E-state index contributed by atoms with van der Waals surface area (Å²) < 4.78 is 13.9. The van der Waals surface area contributed by atoms with Crippen LogP contribution in [0.25, 0.3) is 0 Å². The number of carbonyl (C=O) groups excluding carboxylic acids is 2. The number of halogens is 2. The normalized spacial score (nSPS) is 24.4. The van der Waals surface area contributed by atoms with Crippen molar-refractivity contribution in [2.75, 3.05) is 13.7 Å². The Kier molecular flexibility index (Phi) is 4.69. The molecule has 0 unspecified atom stereocenters. The third-order valence-corrected chi connectivity index (χ3v) is 5.16. The van der Waals surface area contributed by atoms with Crippen LogP contribution in [0.2, 0.25) is 5.02 Å². The van der Waals surface area contributed by atoms with E-state index in [1.807, 2.05) is 0 Å². The molecule has 0 N–H and O–H groups in total. The lowest BCUT2D eigenvalue weighted by Gasteiger charge is -2.23. The molecule has 0 radical (unpaired) electrons. The van der Waals surface area contributed by atoms with Crippen molar-refractivity contribution >= 4 is 23.4 Å². The Hall–Kier alpha value is -1.46. The molecule has 2 atom stereocenters. The highest BCUT2D eigenvalue weighted by atomic mass is 35.5. The van der Waals surface area contributed by atoms with Gasteiger partial charge in [0.2, 0.25) is 11.8 Å². The lowest BCUT2D eigenvalue weighted by atomic mass is 9.81. The average molecular weight is 339 g/mol. The number of rotatable bonds is 4. The number of benzene rings is 1. The zero-order valence-corrected chi connectivity index (χ0v) is 13.9. The Labute approximate surface area is 140 Å². The largest absolute Gasteiger partial charge is 0.284 e. The zero-order valence-electron chi connectivity index (χ0n) is 13.1. The highest BCUT2D eigenvalue weighted by Gasteiger charge is 2.48. The van der Waals surface area contributed by atoms with Crippen molar-refractivity contribution in [2.24, 2.45) is 11.8 Å². The first kappa shape index (κ1) is 16.4. The van der Waals surface area contributed by atoms with Gasteiger partial charge in [-0.3, -0.25) is 19.4 Å². The molecule has 3 rings (SSSR count). The van der Waals surface area contributed by atoms with E-state index >= 15 is 0 Å².